The van der Waals surface area contributed by atoms with Crippen LogP contribution in [0.2, 0.25) is 15.1 Å². The summed E-state index contributed by atoms with van der Waals surface area (Å²) in [6.45, 7) is 1.64. The van der Waals surface area contributed by atoms with E-state index in [2.05, 4.69) is 5.32 Å². The Morgan fingerprint density at radius 3 is 2.60 bits per heavy atom. The number of benzene rings is 2. The molecular formula is C20H19Cl3N2O4S. The van der Waals surface area contributed by atoms with Gasteiger partial charge in [0, 0.05) is 29.8 Å². The zero-order valence-corrected chi connectivity index (χ0v) is 18.9. The molecule has 2 aromatic carbocycles. The molecule has 160 valence electrons. The Morgan fingerprint density at radius 1 is 1.13 bits per heavy atom. The molecule has 1 unspecified atom stereocenters. The lowest BCUT2D eigenvalue weighted by Gasteiger charge is -2.19. The largest absolute Gasteiger partial charge is 0.381 e. The van der Waals surface area contributed by atoms with Crippen molar-refractivity contribution in [2.45, 2.75) is 18.8 Å². The Hall–Kier alpha value is -1.51. The van der Waals surface area contributed by atoms with Crippen LogP contribution < -0.4 is 9.62 Å². The molecule has 0 aromatic heterocycles. The van der Waals surface area contributed by atoms with Gasteiger partial charge in [-0.3, -0.25) is 9.10 Å². The third kappa shape index (κ3) is 4.41. The number of carbonyl (C=O) groups excluding carboxylic acids is 1. The Balaban J connectivity index is 1.64. The van der Waals surface area contributed by atoms with E-state index in [1.54, 1.807) is 6.07 Å². The van der Waals surface area contributed by atoms with Gasteiger partial charge in [-0.25, -0.2) is 8.42 Å². The summed E-state index contributed by atoms with van der Waals surface area (Å²) < 4.78 is 31.2. The van der Waals surface area contributed by atoms with E-state index in [4.69, 9.17) is 39.5 Å². The van der Waals surface area contributed by atoms with Gasteiger partial charge in [0.05, 0.1) is 33.7 Å². The minimum atomic E-state index is -3.42. The second kappa shape index (κ2) is 8.55. The molecule has 4 rings (SSSR count). The van der Waals surface area contributed by atoms with Crippen LogP contribution in [0.15, 0.2) is 30.3 Å². The van der Waals surface area contributed by atoms with E-state index >= 15 is 0 Å². The summed E-state index contributed by atoms with van der Waals surface area (Å²) in [4.78, 5) is 13.0. The van der Waals surface area contributed by atoms with Gasteiger partial charge >= 0.3 is 0 Å². The molecule has 0 radical (unpaired) electrons. The van der Waals surface area contributed by atoms with Crippen molar-refractivity contribution >= 4 is 62.1 Å². The molecule has 10 heteroatoms. The van der Waals surface area contributed by atoms with E-state index < -0.39 is 15.9 Å². The highest BCUT2D eigenvalue weighted by Gasteiger charge is 2.30. The Morgan fingerprint density at radius 2 is 1.93 bits per heavy atom. The summed E-state index contributed by atoms with van der Waals surface area (Å²) in [7, 11) is -3.42. The number of amides is 1. The van der Waals surface area contributed by atoms with Crippen molar-refractivity contribution in [1.82, 2.24) is 0 Å². The highest BCUT2D eigenvalue weighted by molar-refractivity contribution is 7.93. The van der Waals surface area contributed by atoms with Gasteiger partial charge in [0.1, 0.15) is 0 Å². The van der Waals surface area contributed by atoms with Crippen LogP contribution in [-0.2, 0) is 14.8 Å². The first-order chi connectivity index (χ1) is 14.2. The molecule has 1 atom stereocenters. The van der Waals surface area contributed by atoms with Crippen molar-refractivity contribution in [2.24, 2.45) is 0 Å². The maximum atomic E-state index is 13.0. The molecule has 0 bridgehead atoms. The van der Waals surface area contributed by atoms with Crippen LogP contribution in [0.3, 0.4) is 0 Å². The first-order valence-electron chi connectivity index (χ1n) is 9.43. The number of anilines is 2. The molecule has 0 saturated carbocycles. The standard InChI is InChI=1S/C20H19Cl3N2O4S/c21-14-6-13(12-2-4-29-11-12)7-15(8-14)24-20(26)17-9-16(10-18(22)19(17)23)25-3-1-5-30(25,27)28/h6-10,12H,1-5,11H2,(H,24,26). The third-order valence-corrected chi connectivity index (χ3v) is 8.11. The minimum Gasteiger partial charge on any atom is -0.381 e. The fourth-order valence-electron chi connectivity index (χ4n) is 3.73. The zero-order chi connectivity index (χ0) is 21.5. The molecule has 2 aliphatic rings. The number of rotatable bonds is 4. The highest BCUT2D eigenvalue weighted by atomic mass is 35.5. The fourth-order valence-corrected chi connectivity index (χ4v) is 5.93. The van der Waals surface area contributed by atoms with E-state index in [0.717, 1.165) is 12.0 Å². The van der Waals surface area contributed by atoms with Gasteiger partial charge < -0.3 is 10.1 Å². The maximum absolute atomic E-state index is 13.0. The molecule has 2 fully saturated rings. The lowest BCUT2D eigenvalue weighted by Crippen LogP contribution is -2.25. The monoisotopic (exact) mass is 488 g/mol. The fraction of sp³-hybridized carbons (Fsp3) is 0.350. The molecule has 2 heterocycles. The number of sulfonamides is 1. The van der Waals surface area contributed by atoms with Crippen molar-refractivity contribution < 1.29 is 17.9 Å². The smallest absolute Gasteiger partial charge is 0.257 e. The van der Waals surface area contributed by atoms with Gasteiger partial charge in [0.15, 0.2) is 0 Å². The minimum absolute atomic E-state index is 0.0564. The zero-order valence-electron chi connectivity index (χ0n) is 15.8. The van der Waals surface area contributed by atoms with Crippen LogP contribution in [0.5, 0.6) is 0 Å². The van der Waals surface area contributed by atoms with Crippen molar-refractivity contribution in [2.75, 3.05) is 35.1 Å². The SMILES string of the molecule is O=C(Nc1cc(Cl)cc(C2CCOC2)c1)c1cc(N2CCCS2(=O)=O)cc(Cl)c1Cl. The molecule has 0 aliphatic carbocycles. The second-order valence-electron chi connectivity index (χ2n) is 7.32. The normalized spacial score (nSPS) is 20.5. The Kier molecular flexibility index (Phi) is 6.19. The first kappa shape index (κ1) is 21.7. The summed E-state index contributed by atoms with van der Waals surface area (Å²) in [6.07, 6.45) is 1.40. The van der Waals surface area contributed by atoms with Gasteiger partial charge in [0.25, 0.3) is 5.91 Å². The summed E-state index contributed by atoms with van der Waals surface area (Å²) in [5.74, 6) is -0.220. The summed E-state index contributed by atoms with van der Waals surface area (Å²) in [6, 6.07) is 8.26. The number of hydrogen-bond acceptors (Lipinski definition) is 4. The Labute approximate surface area is 190 Å². The van der Waals surface area contributed by atoms with Crippen LogP contribution >= 0.6 is 34.8 Å². The lowest BCUT2D eigenvalue weighted by molar-refractivity contribution is 0.102. The quantitative estimate of drug-likeness (QED) is 0.660. The average molecular weight is 490 g/mol. The van der Waals surface area contributed by atoms with E-state index in [-0.39, 0.29) is 27.3 Å². The number of ether oxygens (including phenoxy) is 1. The maximum Gasteiger partial charge on any atom is 0.257 e. The molecule has 30 heavy (non-hydrogen) atoms. The van der Waals surface area contributed by atoms with Gasteiger partial charge in [-0.1, -0.05) is 34.8 Å². The number of halogens is 3. The van der Waals surface area contributed by atoms with Crippen molar-refractivity contribution in [3.63, 3.8) is 0 Å². The van der Waals surface area contributed by atoms with Crippen LogP contribution in [-0.4, -0.2) is 39.8 Å². The van der Waals surface area contributed by atoms with Crippen molar-refractivity contribution in [3.05, 3.63) is 56.5 Å². The van der Waals surface area contributed by atoms with Gasteiger partial charge in [-0.2, -0.15) is 0 Å². The third-order valence-electron chi connectivity index (χ3n) is 5.22. The molecular weight excluding hydrogens is 471 g/mol. The van der Waals surface area contributed by atoms with Crippen LogP contribution in [0.1, 0.15) is 34.7 Å². The molecule has 2 aromatic rings. The number of carbonyl (C=O) groups is 1. The van der Waals surface area contributed by atoms with Crippen molar-refractivity contribution in [1.29, 1.82) is 0 Å². The van der Waals surface area contributed by atoms with Crippen LogP contribution in [0.4, 0.5) is 11.4 Å². The summed E-state index contributed by atoms with van der Waals surface area (Å²) in [5.41, 5.74) is 1.91. The molecule has 1 amide bonds. The van der Waals surface area contributed by atoms with Gasteiger partial charge in [-0.15, -0.1) is 0 Å². The van der Waals surface area contributed by atoms with Gasteiger partial charge in [-0.05, 0) is 48.7 Å². The van der Waals surface area contributed by atoms with Crippen LogP contribution in [0, 0.1) is 0 Å². The second-order valence-corrected chi connectivity index (χ2v) is 10.6. The summed E-state index contributed by atoms with van der Waals surface area (Å²) in [5, 5.41) is 3.45. The molecule has 2 saturated heterocycles. The van der Waals surface area contributed by atoms with E-state index in [1.807, 2.05) is 12.1 Å². The van der Waals surface area contributed by atoms with Crippen LogP contribution in [0.25, 0.3) is 0 Å². The van der Waals surface area contributed by atoms with Gasteiger partial charge in [0.2, 0.25) is 10.0 Å². The lowest BCUT2D eigenvalue weighted by atomic mass is 9.98. The van der Waals surface area contributed by atoms with E-state index in [0.29, 0.717) is 42.6 Å². The predicted molar refractivity (Wildman–Crippen MR) is 120 cm³/mol. The first-order valence-corrected chi connectivity index (χ1v) is 12.2. The topological polar surface area (TPSA) is 75.7 Å². The van der Waals surface area contributed by atoms with Crippen molar-refractivity contribution in [3.8, 4) is 0 Å². The number of nitrogens with one attached hydrogen (secondary N) is 1. The predicted octanol–water partition coefficient (Wildman–Crippen LogP) is 4.94. The number of nitrogens with zero attached hydrogens (tertiary/aromatic N) is 1. The molecule has 1 N–H and O–H groups in total. The highest BCUT2D eigenvalue weighted by Crippen LogP contribution is 2.35. The van der Waals surface area contributed by atoms with E-state index in [1.165, 1.54) is 16.4 Å². The van der Waals surface area contributed by atoms with E-state index in [9.17, 15) is 13.2 Å². The Bertz CT molecular complexity index is 1100. The summed E-state index contributed by atoms with van der Waals surface area (Å²) >= 11 is 18.7. The molecule has 6 nitrogen and oxygen atoms in total. The average Bonchev–Trinajstić information content (AvgIpc) is 3.32. The number of hydrogen-bond donors (Lipinski definition) is 1. The molecule has 2 aliphatic heterocycles. The molecule has 0 spiro atoms.